The molecule has 0 fully saturated rings. The smallest absolute Gasteiger partial charge is 0.322 e. The molecule has 138 valence electrons. The lowest BCUT2D eigenvalue weighted by atomic mass is 10.0. The zero-order valence-corrected chi connectivity index (χ0v) is 15.4. The van der Waals surface area contributed by atoms with Gasteiger partial charge in [0.1, 0.15) is 6.04 Å². The normalized spacial score (nSPS) is 12.9. The van der Waals surface area contributed by atoms with Gasteiger partial charge in [0.05, 0.1) is 11.4 Å². The van der Waals surface area contributed by atoms with Gasteiger partial charge in [-0.15, -0.1) is 0 Å². The third-order valence-corrected chi connectivity index (χ3v) is 5.78. The largest absolute Gasteiger partial charge is 0.480 e. The fourth-order valence-corrected chi connectivity index (χ4v) is 4.35. The predicted molar refractivity (Wildman–Crippen MR) is 97.4 cm³/mol. The van der Waals surface area contributed by atoms with E-state index in [1.54, 1.807) is 62.4 Å². The minimum absolute atomic E-state index is 0.0484. The Balaban J connectivity index is 2.49. The molecule has 26 heavy (non-hydrogen) atoms. The molecular weight excluding hydrogens is 354 g/mol. The maximum absolute atomic E-state index is 13.1. The Morgan fingerprint density at radius 3 is 1.92 bits per heavy atom. The van der Waals surface area contributed by atoms with Gasteiger partial charge >= 0.3 is 5.97 Å². The summed E-state index contributed by atoms with van der Waals surface area (Å²) in [7, 11) is -4.16. The van der Waals surface area contributed by atoms with Crippen molar-refractivity contribution in [2.75, 3.05) is 6.54 Å². The average molecular weight is 375 g/mol. The van der Waals surface area contributed by atoms with Crippen LogP contribution in [0.2, 0.25) is 0 Å². The van der Waals surface area contributed by atoms with Crippen LogP contribution in [0.15, 0.2) is 65.6 Å². The number of Topliss-reactive ketones (excluding diaryl/α,β-unsaturated/α-hetero) is 1. The van der Waals surface area contributed by atoms with E-state index in [0.717, 1.165) is 4.31 Å². The Morgan fingerprint density at radius 2 is 1.46 bits per heavy atom. The van der Waals surface area contributed by atoms with Gasteiger partial charge in [0.25, 0.3) is 0 Å². The van der Waals surface area contributed by atoms with Gasteiger partial charge < -0.3 is 5.11 Å². The maximum Gasteiger partial charge on any atom is 0.322 e. The van der Waals surface area contributed by atoms with Crippen LogP contribution in [-0.2, 0) is 14.8 Å². The highest BCUT2D eigenvalue weighted by molar-refractivity contribution is 7.89. The van der Waals surface area contributed by atoms with Crippen LogP contribution >= 0.6 is 0 Å². The average Bonchev–Trinajstić information content (AvgIpc) is 2.62. The van der Waals surface area contributed by atoms with E-state index in [0.29, 0.717) is 5.56 Å². The first-order valence-electron chi connectivity index (χ1n) is 8.13. The summed E-state index contributed by atoms with van der Waals surface area (Å²) in [5.41, 5.74) is 0.327. The SMILES string of the molecule is CC(C)C(C(=O)O)N(CC(=O)c1ccccc1)S(=O)(=O)c1ccccc1. The molecule has 0 saturated heterocycles. The maximum atomic E-state index is 13.1. The van der Waals surface area contributed by atoms with Gasteiger partial charge in [0.15, 0.2) is 5.78 Å². The van der Waals surface area contributed by atoms with Crippen LogP contribution in [-0.4, -0.2) is 42.2 Å². The standard InChI is InChI=1S/C19H21NO5S/c1-14(2)18(19(22)23)20(13-17(21)15-9-5-3-6-10-15)26(24,25)16-11-7-4-8-12-16/h3-12,14,18H,13H2,1-2H3,(H,22,23). The molecule has 2 aromatic carbocycles. The minimum atomic E-state index is -4.16. The summed E-state index contributed by atoms with van der Waals surface area (Å²) in [5.74, 6) is -2.27. The molecule has 2 aromatic rings. The Morgan fingerprint density at radius 1 is 0.962 bits per heavy atom. The lowest BCUT2D eigenvalue weighted by molar-refractivity contribution is -0.142. The lowest BCUT2D eigenvalue weighted by Crippen LogP contribution is -2.50. The summed E-state index contributed by atoms with van der Waals surface area (Å²) < 4.78 is 26.9. The van der Waals surface area contributed by atoms with Crippen molar-refractivity contribution in [2.45, 2.75) is 24.8 Å². The molecule has 0 heterocycles. The van der Waals surface area contributed by atoms with E-state index in [2.05, 4.69) is 0 Å². The van der Waals surface area contributed by atoms with Gasteiger partial charge in [0, 0.05) is 5.56 Å². The van der Waals surface area contributed by atoms with E-state index < -0.39 is 40.3 Å². The molecular formula is C19H21NO5S. The van der Waals surface area contributed by atoms with Gasteiger partial charge in [-0.1, -0.05) is 62.4 Å². The first-order chi connectivity index (χ1) is 12.2. The third kappa shape index (κ3) is 4.36. The lowest BCUT2D eigenvalue weighted by Gasteiger charge is -2.30. The summed E-state index contributed by atoms with van der Waals surface area (Å²) in [6.45, 7) is 2.68. The van der Waals surface area contributed by atoms with E-state index in [4.69, 9.17) is 0 Å². The molecule has 1 N–H and O–H groups in total. The first-order valence-corrected chi connectivity index (χ1v) is 9.57. The minimum Gasteiger partial charge on any atom is -0.480 e. The van der Waals surface area contributed by atoms with E-state index in [9.17, 15) is 23.1 Å². The molecule has 0 aliphatic rings. The zero-order valence-electron chi connectivity index (χ0n) is 14.6. The third-order valence-electron chi connectivity index (χ3n) is 3.94. The number of aliphatic carboxylic acids is 1. The van der Waals surface area contributed by atoms with Gasteiger partial charge in [-0.2, -0.15) is 4.31 Å². The van der Waals surface area contributed by atoms with Crippen molar-refractivity contribution in [3.8, 4) is 0 Å². The van der Waals surface area contributed by atoms with Crippen LogP contribution < -0.4 is 0 Å². The molecule has 7 heteroatoms. The second-order valence-electron chi connectivity index (χ2n) is 6.18. The number of ketones is 1. The van der Waals surface area contributed by atoms with Gasteiger partial charge in [-0.3, -0.25) is 9.59 Å². The number of carbonyl (C=O) groups excluding carboxylic acids is 1. The van der Waals surface area contributed by atoms with Gasteiger partial charge in [-0.25, -0.2) is 8.42 Å². The quantitative estimate of drug-likeness (QED) is 0.716. The van der Waals surface area contributed by atoms with Crippen LogP contribution in [0.4, 0.5) is 0 Å². The summed E-state index contributed by atoms with van der Waals surface area (Å²) >= 11 is 0. The number of rotatable bonds is 8. The molecule has 0 aliphatic heterocycles. The van der Waals surface area contributed by atoms with Crippen LogP contribution in [0.3, 0.4) is 0 Å². The topological polar surface area (TPSA) is 91.8 Å². The summed E-state index contributed by atoms with van der Waals surface area (Å²) in [6, 6.07) is 14.4. The summed E-state index contributed by atoms with van der Waals surface area (Å²) in [5, 5.41) is 9.59. The van der Waals surface area contributed by atoms with Crippen molar-refractivity contribution in [1.82, 2.24) is 4.31 Å². The highest BCUT2D eigenvalue weighted by Crippen LogP contribution is 2.23. The Labute approximate surface area is 153 Å². The summed E-state index contributed by atoms with van der Waals surface area (Å²) in [6.07, 6.45) is 0. The highest BCUT2D eigenvalue weighted by Gasteiger charge is 2.39. The molecule has 0 spiro atoms. The second-order valence-corrected chi connectivity index (χ2v) is 8.07. The van der Waals surface area contributed by atoms with Crippen LogP contribution in [0, 0.1) is 5.92 Å². The van der Waals surface area contributed by atoms with Crippen molar-refractivity contribution in [1.29, 1.82) is 0 Å². The number of carboxylic acid groups (broad SMARTS) is 1. The number of hydrogen-bond donors (Lipinski definition) is 1. The predicted octanol–water partition coefficient (Wildman–Crippen LogP) is 2.67. The van der Waals surface area contributed by atoms with E-state index in [1.807, 2.05) is 0 Å². The monoisotopic (exact) mass is 375 g/mol. The molecule has 0 amide bonds. The van der Waals surface area contributed by atoms with Crippen molar-refractivity contribution in [3.05, 3.63) is 66.2 Å². The van der Waals surface area contributed by atoms with Crippen LogP contribution in [0.5, 0.6) is 0 Å². The van der Waals surface area contributed by atoms with Crippen molar-refractivity contribution in [3.63, 3.8) is 0 Å². The molecule has 0 saturated carbocycles. The highest BCUT2D eigenvalue weighted by atomic mass is 32.2. The molecule has 0 aliphatic carbocycles. The zero-order chi connectivity index (χ0) is 19.3. The Kier molecular flexibility index (Phi) is 6.28. The van der Waals surface area contributed by atoms with E-state index >= 15 is 0 Å². The Bertz CT molecular complexity index is 863. The van der Waals surface area contributed by atoms with Crippen molar-refractivity contribution in [2.24, 2.45) is 5.92 Å². The molecule has 0 aromatic heterocycles. The van der Waals surface area contributed by atoms with Crippen molar-refractivity contribution < 1.29 is 23.1 Å². The van der Waals surface area contributed by atoms with Gasteiger partial charge in [-0.05, 0) is 18.1 Å². The first kappa shape index (κ1) is 19.8. The molecule has 0 bridgehead atoms. The molecule has 1 atom stereocenters. The molecule has 0 radical (unpaired) electrons. The molecule has 1 unspecified atom stereocenters. The fraction of sp³-hybridized carbons (Fsp3) is 0.263. The number of nitrogens with zero attached hydrogens (tertiary/aromatic N) is 1. The fourth-order valence-electron chi connectivity index (χ4n) is 2.66. The number of carboxylic acids is 1. The van der Waals surface area contributed by atoms with E-state index in [1.165, 1.54) is 12.1 Å². The second kappa shape index (κ2) is 8.25. The number of benzene rings is 2. The van der Waals surface area contributed by atoms with E-state index in [-0.39, 0.29) is 4.90 Å². The molecule has 6 nitrogen and oxygen atoms in total. The number of hydrogen-bond acceptors (Lipinski definition) is 4. The number of sulfonamides is 1. The number of carbonyl (C=O) groups is 2. The van der Waals surface area contributed by atoms with Crippen LogP contribution in [0.1, 0.15) is 24.2 Å². The molecule has 2 rings (SSSR count). The van der Waals surface area contributed by atoms with Crippen molar-refractivity contribution >= 4 is 21.8 Å². The van der Waals surface area contributed by atoms with Gasteiger partial charge in [0.2, 0.25) is 10.0 Å². The van der Waals surface area contributed by atoms with Crippen LogP contribution in [0.25, 0.3) is 0 Å². The summed E-state index contributed by atoms with van der Waals surface area (Å²) in [4.78, 5) is 24.3. The Hall–Kier alpha value is -2.51.